The van der Waals surface area contributed by atoms with E-state index in [9.17, 15) is 0 Å². The Morgan fingerprint density at radius 3 is 1.36 bits per heavy atom. The molecule has 0 saturated heterocycles. The van der Waals surface area contributed by atoms with Crippen LogP contribution in [0.5, 0.6) is 0 Å². The summed E-state index contributed by atoms with van der Waals surface area (Å²) in [7, 11) is 0. The largest absolute Gasteiger partial charge is 0.354 e. The van der Waals surface area contributed by atoms with E-state index in [0.717, 1.165) is 20.1 Å². The second-order valence-corrected chi connectivity index (χ2v) is 9.88. The first-order valence-corrected chi connectivity index (χ1v) is 12.8. The number of thioether (sulfide) groups is 2. The van der Waals surface area contributed by atoms with Gasteiger partial charge >= 0.3 is 0 Å². The monoisotopic (exact) mass is 422 g/mol. The van der Waals surface area contributed by atoms with Crippen LogP contribution in [0.4, 0.5) is 0 Å². The molecule has 148 valence electrons. The Kier molecular flexibility index (Phi) is 21.2. The van der Waals surface area contributed by atoms with Gasteiger partial charge in [-0.1, -0.05) is 126 Å². The Hall–Kier alpha value is 0.480. The summed E-state index contributed by atoms with van der Waals surface area (Å²) in [6.45, 7) is 5.16. The zero-order valence-electron chi connectivity index (χ0n) is 16.2. The predicted molar refractivity (Wildman–Crippen MR) is 128 cm³/mol. The predicted octanol–water partition coefficient (Wildman–Crippen LogP) is 6.88. The zero-order chi connectivity index (χ0) is 18.6. The quantitative estimate of drug-likeness (QED) is 0.160. The highest BCUT2D eigenvalue weighted by molar-refractivity contribution is 8.23. The summed E-state index contributed by atoms with van der Waals surface area (Å²) >= 11 is 14.2. The molecule has 0 saturated carbocycles. The molecule has 0 atom stereocenters. The molecule has 0 rings (SSSR count). The van der Waals surface area contributed by atoms with Gasteiger partial charge in [-0.05, 0) is 12.8 Å². The van der Waals surface area contributed by atoms with Crippen LogP contribution >= 0.6 is 48.0 Å². The Morgan fingerprint density at radius 1 is 0.600 bits per heavy atom. The fraction of sp³-hybridized carbons (Fsp3) is 0.895. The van der Waals surface area contributed by atoms with Crippen molar-refractivity contribution in [1.29, 1.82) is 0 Å². The first-order valence-electron chi connectivity index (χ1n) is 10.0. The molecule has 0 aliphatic carbocycles. The Labute approximate surface area is 175 Å². The highest BCUT2D eigenvalue weighted by atomic mass is 32.2. The van der Waals surface area contributed by atoms with Gasteiger partial charge in [0, 0.05) is 11.5 Å². The topological polar surface area (TPSA) is 24.1 Å². The van der Waals surface area contributed by atoms with Crippen LogP contribution < -0.4 is 10.6 Å². The van der Waals surface area contributed by atoms with Gasteiger partial charge in [0.1, 0.15) is 8.64 Å². The van der Waals surface area contributed by atoms with Gasteiger partial charge in [-0.2, -0.15) is 0 Å². The van der Waals surface area contributed by atoms with Crippen molar-refractivity contribution in [2.75, 3.05) is 18.2 Å². The van der Waals surface area contributed by atoms with Crippen LogP contribution in [-0.4, -0.2) is 26.8 Å². The Bertz CT molecular complexity index is 295. The van der Waals surface area contributed by atoms with Crippen LogP contribution in [0.25, 0.3) is 0 Å². The first kappa shape index (κ1) is 25.5. The molecule has 0 spiro atoms. The second-order valence-electron chi connectivity index (χ2n) is 6.34. The van der Waals surface area contributed by atoms with E-state index >= 15 is 0 Å². The molecule has 0 aliphatic heterocycles. The standard InChI is InChI=1S/C19H38N2S4/c1-3-5-7-9-11-13-15-24-18(22)20-17-21-19(23)25-16-14-12-10-8-6-4-2/h3-17H2,1-2H3,(H,20,22)(H,21,23). The van der Waals surface area contributed by atoms with Crippen LogP contribution in [0.1, 0.15) is 90.9 Å². The molecule has 0 aromatic rings. The summed E-state index contributed by atoms with van der Waals surface area (Å²) < 4.78 is 1.76. The van der Waals surface area contributed by atoms with Crippen LogP contribution in [0, 0.1) is 0 Å². The smallest absolute Gasteiger partial charge is 0.135 e. The van der Waals surface area contributed by atoms with E-state index in [4.69, 9.17) is 24.4 Å². The zero-order valence-corrected chi connectivity index (χ0v) is 19.5. The van der Waals surface area contributed by atoms with Gasteiger partial charge in [0.2, 0.25) is 0 Å². The highest BCUT2D eigenvalue weighted by Crippen LogP contribution is 2.11. The van der Waals surface area contributed by atoms with Crippen LogP contribution in [-0.2, 0) is 0 Å². The lowest BCUT2D eigenvalue weighted by atomic mass is 10.1. The normalized spacial score (nSPS) is 10.6. The average Bonchev–Trinajstić information content (AvgIpc) is 2.60. The molecular formula is C19H38N2S4. The van der Waals surface area contributed by atoms with E-state index in [-0.39, 0.29) is 0 Å². The molecule has 0 amide bonds. The third-order valence-electron chi connectivity index (χ3n) is 3.93. The lowest BCUT2D eigenvalue weighted by Crippen LogP contribution is -2.33. The molecule has 0 unspecified atom stereocenters. The third-order valence-corrected chi connectivity index (χ3v) is 6.72. The summed E-state index contributed by atoms with van der Waals surface area (Å²) in [6.07, 6.45) is 16.0. The van der Waals surface area contributed by atoms with Crippen LogP contribution in [0.15, 0.2) is 0 Å². The minimum atomic E-state index is 0.644. The van der Waals surface area contributed by atoms with E-state index < -0.39 is 0 Å². The highest BCUT2D eigenvalue weighted by Gasteiger charge is 2.00. The maximum Gasteiger partial charge on any atom is 0.135 e. The third kappa shape index (κ3) is 20.6. The van der Waals surface area contributed by atoms with Gasteiger partial charge in [0.05, 0.1) is 6.67 Å². The lowest BCUT2D eigenvalue weighted by molar-refractivity contribution is 0.627. The van der Waals surface area contributed by atoms with E-state index in [1.807, 2.05) is 0 Å². The van der Waals surface area contributed by atoms with Crippen molar-refractivity contribution in [2.24, 2.45) is 0 Å². The lowest BCUT2D eigenvalue weighted by Gasteiger charge is -2.10. The van der Waals surface area contributed by atoms with E-state index in [1.165, 1.54) is 77.0 Å². The molecule has 0 bridgehead atoms. The van der Waals surface area contributed by atoms with E-state index in [2.05, 4.69) is 24.5 Å². The molecule has 0 aromatic heterocycles. The van der Waals surface area contributed by atoms with Gasteiger partial charge in [0.15, 0.2) is 0 Å². The number of hydrogen-bond donors (Lipinski definition) is 2. The van der Waals surface area contributed by atoms with E-state index in [1.54, 1.807) is 23.5 Å². The average molecular weight is 423 g/mol. The molecule has 0 aliphatic rings. The maximum atomic E-state index is 5.34. The molecule has 6 heteroatoms. The maximum absolute atomic E-state index is 5.34. The van der Waals surface area contributed by atoms with Gasteiger partial charge < -0.3 is 10.6 Å². The van der Waals surface area contributed by atoms with Gasteiger partial charge in [-0.15, -0.1) is 0 Å². The number of nitrogens with one attached hydrogen (secondary N) is 2. The Morgan fingerprint density at radius 2 is 0.960 bits per heavy atom. The van der Waals surface area contributed by atoms with Crippen molar-refractivity contribution >= 4 is 56.6 Å². The van der Waals surface area contributed by atoms with Gasteiger partial charge in [-0.3, -0.25) is 0 Å². The summed E-state index contributed by atoms with van der Waals surface area (Å²) in [5, 5.41) is 6.46. The van der Waals surface area contributed by atoms with Crippen LogP contribution in [0.3, 0.4) is 0 Å². The molecule has 2 N–H and O–H groups in total. The van der Waals surface area contributed by atoms with Crippen molar-refractivity contribution in [3.63, 3.8) is 0 Å². The summed E-state index contributed by atoms with van der Waals surface area (Å²) in [5.41, 5.74) is 0. The van der Waals surface area contributed by atoms with Gasteiger partial charge in [0.25, 0.3) is 0 Å². The number of unbranched alkanes of at least 4 members (excludes halogenated alkanes) is 10. The first-order chi connectivity index (χ1) is 12.2. The van der Waals surface area contributed by atoms with E-state index in [0.29, 0.717) is 6.67 Å². The minimum absolute atomic E-state index is 0.644. The fourth-order valence-corrected chi connectivity index (χ4v) is 4.45. The van der Waals surface area contributed by atoms with Crippen molar-refractivity contribution in [1.82, 2.24) is 10.6 Å². The van der Waals surface area contributed by atoms with Crippen molar-refractivity contribution in [3.8, 4) is 0 Å². The molecule has 0 radical (unpaired) electrons. The molecule has 0 aromatic carbocycles. The van der Waals surface area contributed by atoms with Crippen molar-refractivity contribution in [2.45, 2.75) is 90.9 Å². The summed E-state index contributed by atoms with van der Waals surface area (Å²) in [6, 6.07) is 0. The van der Waals surface area contributed by atoms with Crippen molar-refractivity contribution < 1.29 is 0 Å². The molecule has 2 nitrogen and oxygen atoms in total. The second kappa shape index (κ2) is 20.8. The molecule has 0 heterocycles. The summed E-state index contributed by atoms with van der Waals surface area (Å²) in [4.78, 5) is 0. The van der Waals surface area contributed by atoms with Crippen LogP contribution in [0.2, 0.25) is 0 Å². The molecule has 0 fully saturated rings. The molecule has 25 heavy (non-hydrogen) atoms. The number of hydrogen-bond acceptors (Lipinski definition) is 4. The Balaban J connectivity index is 3.32. The minimum Gasteiger partial charge on any atom is -0.354 e. The fourth-order valence-electron chi connectivity index (χ4n) is 2.39. The van der Waals surface area contributed by atoms with Crippen molar-refractivity contribution in [3.05, 3.63) is 0 Å². The summed E-state index contributed by atoms with van der Waals surface area (Å²) in [5.74, 6) is 2.24. The molecular weight excluding hydrogens is 384 g/mol. The SMILES string of the molecule is CCCCCCCCSC(=S)NCNC(=S)SCCCCCCCC. The number of thiocarbonyl (C=S) groups is 2. The number of rotatable bonds is 16. The van der Waals surface area contributed by atoms with Gasteiger partial charge in [-0.25, -0.2) is 0 Å².